The monoisotopic (exact) mass is 318 g/mol. The summed E-state index contributed by atoms with van der Waals surface area (Å²) in [5, 5.41) is 8.99. The van der Waals surface area contributed by atoms with Crippen LogP contribution >= 0.6 is 0 Å². The summed E-state index contributed by atoms with van der Waals surface area (Å²) >= 11 is 0. The molecule has 21 heavy (non-hydrogen) atoms. The Morgan fingerprint density at radius 2 is 1.81 bits per heavy atom. The first-order chi connectivity index (χ1) is 9.69. The van der Waals surface area contributed by atoms with Gasteiger partial charge in [-0.1, -0.05) is 6.42 Å². The molecule has 122 valence electrons. The Kier molecular flexibility index (Phi) is 4.95. The normalized spacial score (nSPS) is 27.6. The van der Waals surface area contributed by atoms with Gasteiger partial charge in [-0.05, 0) is 26.7 Å². The molecule has 0 aliphatic carbocycles. The molecular formula is C14H26N2O4S. The molecule has 2 fully saturated rings. The Hall–Kier alpha value is -0.660. The summed E-state index contributed by atoms with van der Waals surface area (Å²) in [4.78, 5) is 16.2. The summed E-state index contributed by atoms with van der Waals surface area (Å²) < 4.78 is 24.1. The SMILES string of the molecule is CC(C)(O)CN1CCN(C(=O)C2CCCCS2(=O)=O)CC1. The lowest BCUT2D eigenvalue weighted by Gasteiger charge is -2.38. The Bertz CT molecular complexity index is 476. The molecule has 0 bridgehead atoms. The lowest BCUT2D eigenvalue weighted by atomic mass is 10.1. The van der Waals surface area contributed by atoms with Gasteiger partial charge in [0, 0.05) is 32.7 Å². The van der Waals surface area contributed by atoms with Crippen molar-refractivity contribution >= 4 is 15.7 Å². The Morgan fingerprint density at radius 1 is 1.19 bits per heavy atom. The summed E-state index contributed by atoms with van der Waals surface area (Å²) in [7, 11) is -3.26. The smallest absolute Gasteiger partial charge is 0.240 e. The Morgan fingerprint density at radius 3 is 2.33 bits per heavy atom. The maximum atomic E-state index is 12.4. The van der Waals surface area contributed by atoms with Gasteiger partial charge in [0.25, 0.3) is 0 Å². The van der Waals surface area contributed by atoms with E-state index < -0.39 is 20.7 Å². The maximum Gasteiger partial charge on any atom is 0.240 e. The van der Waals surface area contributed by atoms with Crippen molar-refractivity contribution in [1.82, 2.24) is 9.80 Å². The van der Waals surface area contributed by atoms with E-state index in [4.69, 9.17) is 0 Å². The van der Waals surface area contributed by atoms with E-state index in [-0.39, 0.29) is 11.7 Å². The zero-order chi connectivity index (χ0) is 15.7. The third-order valence-corrected chi connectivity index (χ3v) is 6.31. The van der Waals surface area contributed by atoms with Crippen molar-refractivity contribution in [2.45, 2.75) is 44.0 Å². The van der Waals surface area contributed by atoms with E-state index in [0.717, 1.165) is 6.42 Å². The molecule has 1 atom stereocenters. The first kappa shape index (κ1) is 16.7. The highest BCUT2D eigenvalue weighted by molar-refractivity contribution is 7.92. The minimum absolute atomic E-state index is 0.141. The summed E-state index contributed by atoms with van der Waals surface area (Å²) in [5.41, 5.74) is -0.751. The standard InChI is InChI=1S/C14H26N2O4S/c1-14(2,18)11-15-6-8-16(9-7-15)13(17)12-5-3-4-10-21(12,19)20/h12,18H,3-11H2,1-2H3. The number of β-amino-alcohol motifs (C(OH)–C–C–N with tert-alkyl or cyclic N) is 1. The Labute approximate surface area is 127 Å². The van der Waals surface area contributed by atoms with Crippen LogP contribution in [0.4, 0.5) is 0 Å². The largest absolute Gasteiger partial charge is 0.389 e. The number of piperazine rings is 1. The zero-order valence-corrected chi connectivity index (χ0v) is 13.7. The molecule has 2 aliphatic rings. The maximum absolute atomic E-state index is 12.4. The van der Waals surface area contributed by atoms with Gasteiger partial charge in [-0.25, -0.2) is 8.42 Å². The number of rotatable bonds is 3. The molecule has 0 radical (unpaired) electrons. The topological polar surface area (TPSA) is 77.9 Å². The van der Waals surface area contributed by atoms with E-state index in [9.17, 15) is 18.3 Å². The fourth-order valence-electron chi connectivity index (χ4n) is 3.11. The van der Waals surface area contributed by atoms with E-state index in [0.29, 0.717) is 45.6 Å². The molecule has 0 saturated carbocycles. The van der Waals surface area contributed by atoms with Crippen molar-refractivity contribution < 1.29 is 18.3 Å². The van der Waals surface area contributed by atoms with Gasteiger partial charge in [-0.15, -0.1) is 0 Å². The van der Waals surface area contributed by atoms with Crippen molar-refractivity contribution in [3.8, 4) is 0 Å². The number of sulfone groups is 1. The number of aliphatic hydroxyl groups is 1. The van der Waals surface area contributed by atoms with Crippen LogP contribution in [0.1, 0.15) is 33.1 Å². The molecule has 2 aliphatic heterocycles. The molecule has 1 N–H and O–H groups in total. The first-order valence-electron chi connectivity index (χ1n) is 7.64. The average Bonchev–Trinajstić information content (AvgIpc) is 2.36. The lowest BCUT2D eigenvalue weighted by molar-refractivity contribution is -0.133. The minimum atomic E-state index is -3.26. The summed E-state index contributed by atoms with van der Waals surface area (Å²) in [6.45, 7) is 6.54. The molecule has 0 spiro atoms. The van der Waals surface area contributed by atoms with Gasteiger partial charge >= 0.3 is 0 Å². The molecule has 0 aromatic carbocycles. The first-order valence-corrected chi connectivity index (χ1v) is 9.36. The molecule has 6 nitrogen and oxygen atoms in total. The average molecular weight is 318 g/mol. The Balaban J connectivity index is 1.91. The van der Waals surface area contributed by atoms with Gasteiger partial charge in [-0.3, -0.25) is 9.69 Å². The second-order valence-corrected chi connectivity index (χ2v) is 9.07. The van der Waals surface area contributed by atoms with E-state index in [1.165, 1.54) is 0 Å². The number of hydrogen-bond acceptors (Lipinski definition) is 5. The van der Waals surface area contributed by atoms with Crippen LogP contribution in [-0.4, -0.2) is 78.6 Å². The van der Waals surface area contributed by atoms with E-state index in [1.54, 1.807) is 18.7 Å². The second-order valence-electron chi connectivity index (χ2n) is 6.77. The predicted molar refractivity (Wildman–Crippen MR) is 80.7 cm³/mol. The molecule has 2 heterocycles. The van der Waals surface area contributed by atoms with Crippen LogP contribution in [0.15, 0.2) is 0 Å². The molecular weight excluding hydrogens is 292 g/mol. The highest BCUT2D eigenvalue weighted by atomic mass is 32.2. The minimum Gasteiger partial charge on any atom is -0.389 e. The van der Waals surface area contributed by atoms with Crippen LogP contribution in [0.5, 0.6) is 0 Å². The molecule has 1 unspecified atom stereocenters. The number of carbonyl (C=O) groups is 1. The van der Waals surface area contributed by atoms with Crippen LogP contribution < -0.4 is 0 Å². The number of nitrogens with zero attached hydrogens (tertiary/aromatic N) is 2. The summed E-state index contributed by atoms with van der Waals surface area (Å²) in [5.74, 6) is -0.0835. The number of amides is 1. The molecule has 0 aromatic rings. The number of carbonyl (C=O) groups excluding carboxylic acids is 1. The highest BCUT2D eigenvalue weighted by Gasteiger charge is 2.38. The van der Waals surface area contributed by atoms with Crippen molar-refractivity contribution in [1.29, 1.82) is 0 Å². The van der Waals surface area contributed by atoms with Gasteiger partial charge in [0.1, 0.15) is 5.25 Å². The van der Waals surface area contributed by atoms with Crippen LogP contribution in [0.3, 0.4) is 0 Å². The predicted octanol–water partition coefficient (Wildman–Crippen LogP) is -0.131. The molecule has 2 rings (SSSR count). The van der Waals surface area contributed by atoms with Crippen LogP contribution in [-0.2, 0) is 14.6 Å². The molecule has 1 amide bonds. The second kappa shape index (κ2) is 6.22. The summed E-state index contributed by atoms with van der Waals surface area (Å²) in [6, 6.07) is 0. The van der Waals surface area contributed by atoms with Gasteiger partial charge in [0.2, 0.25) is 5.91 Å². The van der Waals surface area contributed by atoms with Gasteiger partial charge in [0.05, 0.1) is 11.4 Å². The van der Waals surface area contributed by atoms with Gasteiger partial charge in [0.15, 0.2) is 9.84 Å². The third kappa shape index (κ3) is 4.40. The fourth-order valence-corrected chi connectivity index (χ4v) is 4.98. The van der Waals surface area contributed by atoms with Crippen molar-refractivity contribution in [3.05, 3.63) is 0 Å². The van der Waals surface area contributed by atoms with Crippen molar-refractivity contribution in [2.24, 2.45) is 0 Å². The van der Waals surface area contributed by atoms with Crippen molar-refractivity contribution in [3.63, 3.8) is 0 Å². The summed E-state index contributed by atoms with van der Waals surface area (Å²) in [6.07, 6.45) is 1.95. The lowest BCUT2D eigenvalue weighted by Crippen LogP contribution is -2.55. The van der Waals surface area contributed by atoms with Gasteiger partial charge in [-0.2, -0.15) is 0 Å². The van der Waals surface area contributed by atoms with Crippen molar-refractivity contribution in [2.75, 3.05) is 38.5 Å². The zero-order valence-electron chi connectivity index (χ0n) is 12.9. The van der Waals surface area contributed by atoms with E-state index in [1.807, 2.05) is 0 Å². The molecule has 0 aromatic heterocycles. The van der Waals surface area contributed by atoms with Gasteiger partial charge < -0.3 is 10.0 Å². The number of hydrogen-bond donors (Lipinski definition) is 1. The van der Waals surface area contributed by atoms with Crippen LogP contribution in [0.25, 0.3) is 0 Å². The fraction of sp³-hybridized carbons (Fsp3) is 0.929. The molecule has 7 heteroatoms. The quantitative estimate of drug-likeness (QED) is 0.784. The van der Waals surface area contributed by atoms with Crippen LogP contribution in [0, 0.1) is 0 Å². The highest BCUT2D eigenvalue weighted by Crippen LogP contribution is 2.22. The van der Waals surface area contributed by atoms with E-state index in [2.05, 4.69) is 4.90 Å². The van der Waals surface area contributed by atoms with E-state index >= 15 is 0 Å². The molecule has 2 saturated heterocycles. The third-order valence-electron chi connectivity index (χ3n) is 4.15. The van der Waals surface area contributed by atoms with Crippen LogP contribution in [0.2, 0.25) is 0 Å².